The van der Waals surface area contributed by atoms with Crippen molar-refractivity contribution in [2.45, 2.75) is 42.1 Å². The molecule has 1 saturated carbocycles. The second-order valence-electron chi connectivity index (χ2n) is 8.10. The van der Waals surface area contributed by atoms with Crippen LogP contribution < -0.4 is 9.94 Å². The van der Waals surface area contributed by atoms with Crippen LogP contribution in [0.3, 0.4) is 0 Å². The van der Waals surface area contributed by atoms with Crippen molar-refractivity contribution in [2.24, 2.45) is 10.1 Å². The number of thiazole rings is 1. The molecule has 1 aliphatic carbocycles. The first-order valence-electron chi connectivity index (χ1n) is 10.9. The third-order valence-electron chi connectivity index (χ3n) is 5.68. The van der Waals surface area contributed by atoms with Crippen LogP contribution >= 0.6 is 11.3 Å². The molecule has 0 saturated heterocycles. The molecule has 4 rings (SSSR count). The van der Waals surface area contributed by atoms with Gasteiger partial charge in [0.25, 0.3) is 5.91 Å². The highest BCUT2D eigenvalue weighted by Crippen LogP contribution is 2.30. The molecule has 0 unspecified atom stereocenters. The van der Waals surface area contributed by atoms with E-state index in [1.165, 1.54) is 40.7 Å². The maximum atomic E-state index is 12.9. The first-order valence-corrected chi connectivity index (χ1v) is 14.7. The number of carbonyl (C=O) groups excluding carboxylic acids is 1. The minimum absolute atomic E-state index is 0.0333. The van der Waals surface area contributed by atoms with Gasteiger partial charge in [0.1, 0.15) is 0 Å². The average Bonchev–Trinajstić information content (AvgIpc) is 3.61. The molecule has 0 aliphatic heterocycles. The summed E-state index contributed by atoms with van der Waals surface area (Å²) in [5.74, 6) is -0.548. The minimum atomic E-state index is -3.89. The lowest BCUT2D eigenvalue weighted by atomic mass is 10.2. The van der Waals surface area contributed by atoms with Gasteiger partial charge in [0.2, 0.25) is 20.0 Å². The van der Waals surface area contributed by atoms with Crippen molar-refractivity contribution >= 4 is 47.5 Å². The molecular formula is C22H26N4O6S3. The molecule has 1 aromatic heterocycles. The number of nitrogens with two attached hydrogens (primary N) is 1. The number of nitrogens with zero attached hydrogens (tertiary/aromatic N) is 3. The Morgan fingerprint density at radius 2 is 1.80 bits per heavy atom. The van der Waals surface area contributed by atoms with Crippen LogP contribution in [0.4, 0.5) is 0 Å². The lowest BCUT2D eigenvalue weighted by Gasteiger charge is -2.16. The Morgan fingerprint density at radius 1 is 1.14 bits per heavy atom. The summed E-state index contributed by atoms with van der Waals surface area (Å²) in [6.45, 7) is 3.17. The summed E-state index contributed by atoms with van der Waals surface area (Å²) in [5, 5.41) is 5.26. The number of benzene rings is 2. The zero-order valence-corrected chi connectivity index (χ0v) is 21.7. The fraction of sp³-hybridized carbons (Fsp3) is 0.364. The lowest BCUT2D eigenvalue weighted by molar-refractivity contribution is 0.0996. The Labute approximate surface area is 207 Å². The van der Waals surface area contributed by atoms with Gasteiger partial charge < -0.3 is 9.30 Å². The van der Waals surface area contributed by atoms with Gasteiger partial charge in [-0.15, -0.1) is 0 Å². The number of hydrogen-bond donors (Lipinski definition) is 1. The van der Waals surface area contributed by atoms with Crippen LogP contribution in [0.25, 0.3) is 10.2 Å². The predicted octanol–water partition coefficient (Wildman–Crippen LogP) is 1.91. The van der Waals surface area contributed by atoms with E-state index < -0.39 is 26.0 Å². The van der Waals surface area contributed by atoms with Crippen LogP contribution in [0, 0.1) is 0 Å². The SMILES string of the molecule is CCOCCn1c(=NC(=O)c2ccc(S(=O)(=O)N(C)C3CC3)cc2)sc2cc(S(N)(=O)=O)ccc21. The van der Waals surface area contributed by atoms with Gasteiger partial charge in [-0.05, 0) is 62.2 Å². The van der Waals surface area contributed by atoms with Crippen LogP contribution in [0.2, 0.25) is 0 Å². The topological polar surface area (TPSA) is 141 Å². The Balaban J connectivity index is 1.69. The van der Waals surface area contributed by atoms with E-state index in [0.29, 0.717) is 34.8 Å². The Morgan fingerprint density at radius 3 is 2.40 bits per heavy atom. The molecule has 1 aliphatic rings. The third-order valence-corrected chi connectivity index (χ3v) is 9.56. The van der Waals surface area contributed by atoms with Crippen molar-refractivity contribution in [2.75, 3.05) is 20.3 Å². The summed E-state index contributed by atoms with van der Waals surface area (Å²) in [5.41, 5.74) is 0.926. The van der Waals surface area contributed by atoms with Crippen LogP contribution in [0.15, 0.2) is 57.2 Å². The highest BCUT2D eigenvalue weighted by Gasteiger charge is 2.35. The molecule has 2 N–H and O–H groups in total. The van der Waals surface area contributed by atoms with Crippen molar-refractivity contribution in [3.05, 3.63) is 52.8 Å². The zero-order chi connectivity index (χ0) is 25.4. The van der Waals surface area contributed by atoms with Gasteiger partial charge in [0.05, 0.1) is 26.6 Å². The van der Waals surface area contributed by atoms with E-state index in [2.05, 4.69) is 4.99 Å². The number of hydrogen-bond acceptors (Lipinski definition) is 7. The molecular weight excluding hydrogens is 512 g/mol. The summed E-state index contributed by atoms with van der Waals surface area (Å²) in [6, 6.07) is 10.2. The van der Waals surface area contributed by atoms with Gasteiger partial charge in [-0.25, -0.2) is 22.0 Å². The smallest absolute Gasteiger partial charge is 0.279 e. The van der Waals surface area contributed by atoms with Gasteiger partial charge in [0, 0.05) is 31.8 Å². The number of primary sulfonamides is 1. The molecule has 35 heavy (non-hydrogen) atoms. The molecule has 0 bridgehead atoms. The van der Waals surface area contributed by atoms with Gasteiger partial charge in [-0.3, -0.25) is 4.79 Å². The Kier molecular flexibility index (Phi) is 7.27. The zero-order valence-electron chi connectivity index (χ0n) is 19.2. The van der Waals surface area contributed by atoms with Gasteiger partial charge >= 0.3 is 0 Å². The molecule has 1 fully saturated rings. The summed E-state index contributed by atoms with van der Waals surface area (Å²) < 4.78 is 58.1. The number of amides is 1. The van der Waals surface area contributed by atoms with E-state index >= 15 is 0 Å². The summed E-state index contributed by atoms with van der Waals surface area (Å²) in [4.78, 5) is 17.6. The summed E-state index contributed by atoms with van der Waals surface area (Å²) in [6.07, 6.45) is 1.70. The predicted molar refractivity (Wildman–Crippen MR) is 132 cm³/mol. The van der Waals surface area contributed by atoms with E-state index in [9.17, 15) is 21.6 Å². The van der Waals surface area contributed by atoms with Crippen molar-refractivity contribution in [3.8, 4) is 0 Å². The number of rotatable bonds is 9. The standard InChI is InChI=1S/C22H26N4O6S3/c1-3-32-13-12-26-19-11-10-18(34(23,28)29)14-20(19)33-22(26)24-21(27)15-4-8-17(9-5-15)35(30,31)25(2)16-6-7-16/h4-5,8-11,14,16H,3,6-7,12-13H2,1-2H3,(H2,23,28,29). The first kappa shape index (κ1) is 25.7. The van der Waals surface area contributed by atoms with E-state index in [4.69, 9.17) is 9.88 Å². The average molecular weight is 539 g/mol. The van der Waals surface area contributed by atoms with Crippen LogP contribution in [0.1, 0.15) is 30.1 Å². The fourth-order valence-electron chi connectivity index (χ4n) is 3.55. The highest BCUT2D eigenvalue weighted by molar-refractivity contribution is 7.89. The summed E-state index contributed by atoms with van der Waals surface area (Å²) >= 11 is 1.15. The number of carbonyl (C=O) groups is 1. The third kappa shape index (κ3) is 5.55. The van der Waals surface area contributed by atoms with Crippen molar-refractivity contribution in [3.63, 3.8) is 0 Å². The molecule has 0 spiro atoms. The van der Waals surface area contributed by atoms with Crippen LogP contribution in [0.5, 0.6) is 0 Å². The molecule has 0 radical (unpaired) electrons. The molecule has 0 atom stereocenters. The second-order valence-corrected chi connectivity index (χ2v) is 12.7. The normalized spacial score (nSPS) is 15.3. The van der Waals surface area contributed by atoms with E-state index in [-0.39, 0.29) is 21.4 Å². The molecule has 13 heteroatoms. The van der Waals surface area contributed by atoms with Crippen molar-refractivity contribution in [1.82, 2.24) is 8.87 Å². The number of fused-ring (bicyclic) bond motifs is 1. The molecule has 188 valence electrons. The number of ether oxygens (including phenoxy) is 1. The fourth-order valence-corrected chi connectivity index (χ4v) is 6.68. The largest absolute Gasteiger partial charge is 0.380 e. The minimum Gasteiger partial charge on any atom is -0.380 e. The van der Waals surface area contributed by atoms with Gasteiger partial charge in [-0.2, -0.15) is 9.30 Å². The molecule has 10 nitrogen and oxygen atoms in total. The summed E-state index contributed by atoms with van der Waals surface area (Å²) in [7, 11) is -5.94. The van der Waals surface area contributed by atoms with E-state index in [1.807, 2.05) is 6.92 Å². The monoisotopic (exact) mass is 538 g/mol. The van der Waals surface area contributed by atoms with Crippen LogP contribution in [-0.2, 0) is 31.3 Å². The van der Waals surface area contributed by atoms with E-state index in [1.54, 1.807) is 17.7 Å². The van der Waals surface area contributed by atoms with Gasteiger partial charge in [-0.1, -0.05) is 11.3 Å². The first-order chi connectivity index (χ1) is 16.5. The quantitative estimate of drug-likeness (QED) is 0.413. The number of aromatic nitrogens is 1. The van der Waals surface area contributed by atoms with Crippen molar-refractivity contribution in [1.29, 1.82) is 0 Å². The highest BCUT2D eigenvalue weighted by atomic mass is 32.2. The number of sulfonamides is 2. The molecule has 2 aromatic carbocycles. The van der Waals surface area contributed by atoms with Crippen molar-refractivity contribution < 1.29 is 26.4 Å². The molecule has 3 aromatic rings. The van der Waals surface area contributed by atoms with Crippen LogP contribution in [-0.4, -0.2) is 57.9 Å². The Bertz CT molecular complexity index is 1540. The van der Waals surface area contributed by atoms with E-state index in [0.717, 1.165) is 24.2 Å². The second kappa shape index (κ2) is 9.91. The van der Waals surface area contributed by atoms with Gasteiger partial charge in [0.15, 0.2) is 4.80 Å². The maximum Gasteiger partial charge on any atom is 0.279 e. The molecule has 1 amide bonds. The Hall–Kier alpha value is -2.42. The maximum absolute atomic E-state index is 12.9. The lowest BCUT2D eigenvalue weighted by Crippen LogP contribution is -2.28. The molecule has 1 heterocycles.